The summed E-state index contributed by atoms with van der Waals surface area (Å²) < 4.78 is 16.1. The second-order valence-electron chi connectivity index (χ2n) is 7.13. The van der Waals surface area contributed by atoms with E-state index in [4.69, 9.17) is 14.2 Å². The van der Waals surface area contributed by atoms with Gasteiger partial charge in [-0.05, 0) is 50.1 Å². The fourth-order valence-electron chi connectivity index (χ4n) is 3.78. The number of aryl methyl sites for hydroxylation is 3. The Bertz CT molecular complexity index is 1100. The zero-order valence-electron chi connectivity index (χ0n) is 18.3. The minimum atomic E-state index is -0.790. The van der Waals surface area contributed by atoms with E-state index in [-0.39, 0.29) is 5.57 Å². The second kappa shape index (κ2) is 8.51. The lowest BCUT2D eigenvalue weighted by Crippen LogP contribution is -2.54. The number of rotatable bonds is 5. The Kier molecular flexibility index (Phi) is 6.01. The Morgan fingerprint density at radius 3 is 2.03 bits per heavy atom. The predicted octanol–water partition coefficient (Wildman–Crippen LogP) is 3.30. The number of nitrogens with one attached hydrogen (secondary N) is 1. The molecule has 4 amide bonds. The molecule has 162 valence electrons. The maximum Gasteiger partial charge on any atom is 0.335 e. The fraction of sp³-hybridized carbons (Fsp3) is 0.261. The van der Waals surface area contributed by atoms with E-state index in [1.807, 2.05) is 32.9 Å². The molecule has 31 heavy (non-hydrogen) atoms. The van der Waals surface area contributed by atoms with Crippen molar-refractivity contribution in [2.45, 2.75) is 20.8 Å². The molecule has 8 nitrogen and oxygen atoms in total. The van der Waals surface area contributed by atoms with Gasteiger partial charge >= 0.3 is 6.03 Å². The Morgan fingerprint density at radius 1 is 0.871 bits per heavy atom. The standard InChI is InChI=1S/C23H24N2O6/c1-12-9-13(2)18(14(3)10-12)25-22(27)16(21(26)24-23(25)28)11-15-7-8-17(29-4)20(31-6)19(15)30-5/h7-11H,1-6H3,(H,24,26,28). The van der Waals surface area contributed by atoms with Gasteiger partial charge in [-0.3, -0.25) is 14.9 Å². The van der Waals surface area contributed by atoms with E-state index in [9.17, 15) is 14.4 Å². The summed E-state index contributed by atoms with van der Waals surface area (Å²) in [6.07, 6.45) is 1.37. The van der Waals surface area contributed by atoms with E-state index in [1.54, 1.807) is 12.1 Å². The van der Waals surface area contributed by atoms with Gasteiger partial charge in [-0.1, -0.05) is 17.7 Å². The highest BCUT2D eigenvalue weighted by Crippen LogP contribution is 2.41. The van der Waals surface area contributed by atoms with Crippen molar-refractivity contribution in [2.24, 2.45) is 0 Å². The van der Waals surface area contributed by atoms with E-state index in [2.05, 4.69) is 5.32 Å². The van der Waals surface area contributed by atoms with Crippen LogP contribution in [0.25, 0.3) is 6.08 Å². The highest BCUT2D eigenvalue weighted by molar-refractivity contribution is 6.39. The van der Waals surface area contributed by atoms with Crippen LogP contribution in [0, 0.1) is 20.8 Å². The van der Waals surface area contributed by atoms with Crippen LogP contribution in [0.3, 0.4) is 0 Å². The van der Waals surface area contributed by atoms with Gasteiger partial charge in [0, 0.05) is 5.56 Å². The molecule has 0 aromatic heterocycles. The number of methoxy groups -OCH3 is 3. The molecule has 1 aliphatic heterocycles. The summed E-state index contributed by atoms with van der Waals surface area (Å²) in [5, 5.41) is 2.25. The first-order valence-corrected chi connectivity index (χ1v) is 9.51. The van der Waals surface area contributed by atoms with E-state index in [0.717, 1.165) is 21.6 Å². The zero-order chi connectivity index (χ0) is 22.9. The van der Waals surface area contributed by atoms with Crippen LogP contribution in [-0.4, -0.2) is 39.2 Å². The molecular formula is C23H24N2O6. The minimum absolute atomic E-state index is 0.204. The molecule has 2 aromatic rings. The minimum Gasteiger partial charge on any atom is -0.493 e. The molecule has 0 radical (unpaired) electrons. The SMILES string of the molecule is COc1ccc(C=C2C(=O)NC(=O)N(c3c(C)cc(C)cc3C)C2=O)c(OC)c1OC. The molecule has 0 spiro atoms. The van der Waals surface area contributed by atoms with Crippen LogP contribution in [0.4, 0.5) is 10.5 Å². The molecular weight excluding hydrogens is 400 g/mol. The molecule has 0 saturated carbocycles. The van der Waals surface area contributed by atoms with Crippen LogP contribution in [0.2, 0.25) is 0 Å². The molecule has 1 saturated heterocycles. The first kappa shape index (κ1) is 21.9. The summed E-state index contributed by atoms with van der Waals surface area (Å²) in [7, 11) is 4.39. The smallest absolute Gasteiger partial charge is 0.335 e. The third-order valence-corrected chi connectivity index (χ3v) is 5.00. The van der Waals surface area contributed by atoms with Crippen molar-refractivity contribution >= 4 is 29.6 Å². The maximum absolute atomic E-state index is 13.3. The largest absolute Gasteiger partial charge is 0.493 e. The number of urea groups is 1. The number of ether oxygens (including phenoxy) is 3. The molecule has 0 bridgehead atoms. The summed E-state index contributed by atoms with van der Waals surface area (Å²) in [5.41, 5.74) is 3.17. The molecule has 0 aliphatic carbocycles. The Balaban J connectivity index is 2.15. The second-order valence-corrected chi connectivity index (χ2v) is 7.13. The van der Waals surface area contributed by atoms with Crippen LogP contribution < -0.4 is 24.4 Å². The summed E-state index contributed by atoms with van der Waals surface area (Å²) in [5.74, 6) is -0.461. The third kappa shape index (κ3) is 3.84. The molecule has 1 heterocycles. The van der Waals surface area contributed by atoms with Crippen LogP contribution in [0.15, 0.2) is 29.8 Å². The maximum atomic E-state index is 13.3. The monoisotopic (exact) mass is 424 g/mol. The quantitative estimate of drug-likeness (QED) is 0.585. The number of amides is 4. The van der Waals surface area contributed by atoms with Crippen molar-refractivity contribution in [1.29, 1.82) is 0 Å². The fourth-order valence-corrected chi connectivity index (χ4v) is 3.78. The van der Waals surface area contributed by atoms with Crippen LogP contribution in [-0.2, 0) is 9.59 Å². The lowest BCUT2D eigenvalue weighted by atomic mass is 10.0. The van der Waals surface area contributed by atoms with E-state index < -0.39 is 17.8 Å². The van der Waals surface area contributed by atoms with Crippen molar-refractivity contribution in [1.82, 2.24) is 5.32 Å². The highest BCUT2D eigenvalue weighted by atomic mass is 16.5. The van der Waals surface area contributed by atoms with Crippen molar-refractivity contribution in [2.75, 3.05) is 26.2 Å². The van der Waals surface area contributed by atoms with Gasteiger partial charge in [0.1, 0.15) is 5.57 Å². The van der Waals surface area contributed by atoms with Gasteiger partial charge in [0.25, 0.3) is 11.8 Å². The average molecular weight is 424 g/mol. The number of nitrogens with zero attached hydrogens (tertiary/aromatic N) is 1. The molecule has 2 aromatic carbocycles. The topological polar surface area (TPSA) is 94.2 Å². The highest BCUT2D eigenvalue weighted by Gasteiger charge is 2.38. The number of hydrogen-bond acceptors (Lipinski definition) is 6. The summed E-state index contributed by atoms with van der Waals surface area (Å²) in [6, 6.07) is 6.23. The molecule has 3 rings (SSSR count). The van der Waals surface area contributed by atoms with Crippen LogP contribution in [0.5, 0.6) is 17.2 Å². The number of imide groups is 2. The van der Waals surface area contributed by atoms with Gasteiger partial charge in [0.15, 0.2) is 11.5 Å². The summed E-state index contributed by atoms with van der Waals surface area (Å²) >= 11 is 0. The number of carbonyl (C=O) groups is 3. The van der Waals surface area contributed by atoms with Crippen molar-refractivity contribution < 1.29 is 28.6 Å². The first-order valence-electron chi connectivity index (χ1n) is 9.51. The predicted molar refractivity (Wildman–Crippen MR) is 116 cm³/mol. The van der Waals surface area contributed by atoms with Crippen molar-refractivity contribution in [3.8, 4) is 17.2 Å². The molecule has 1 aliphatic rings. The van der Waals surface area contributed by atoms with E-state index in [1.165, 1.54) is 27.4 Å². The average Bonchev–Trinajstić information content (AvgIpc) is 2.71. The normalized spacial score (nSPS) is 15.2. The number of carbonyl (C=O) groups excluding carboxylic acids is 3. The number of benzene rings is 2. The Labute approximate surface area is 180 Å². The molecule has 1 N–H and O–H groups in total. The number of anilines is 1. The van der Waals surface area contributed by atoms with E-state index >= 15 is 0 Å². The van der Waals surface area contributed by atoms with Gasteiger partial charge in [0.05, 0.1) is 27.0 Å². The zero-order valence-corrected chi connectivity index (χ0v) is 18.3. The molecule has 0 unspecified atom stereocenters. The number of barbiturate groups is 1. The molecule has 1 fully saturated rings. The molecule has 8 heteroatoms. The number of hydrogen-bond donors (Lipinski definition) is 1. The Hall–Kier alpha value is -3.81. The third-order valence-electron chi connectivity index (χ3n) is 5.00. The summed E-state index contributed by atoms with van der Waals surface area (Å²) in [6.45, 7) is 5.56. The van der Waals surface area contributed by atoms with Crippen LogP contribution >= 0.6 is 0 Å². The van der Waals surface area contributed by atoms with Gasteiger partial charge in [-0.25, -0.2) is 9.69 Å². The lowest BCUT2D eigenvalue weighted by molar-refractivity contribution is -0.122. The van der Waals surface area contributed by atoms with Crippen molar-refractivity contribution in [3.05, 3.63) is 52.1 Å². The van der Waals surface area contributed by atoms with E-state index in [0.29, 0.717) is 28.5 Å². The van der Waals surface area contributed by atoms with Crippen molar-refractivity contribution in [3.63, 3.8) is 0 Å². The Morgan fingerprint density at radius 2 is 1.48 bits per heavy atom. The van der Waals surface area contributed by atoms with Gasteiger partial charge < -0.3 is 14.2 Å². The molecule has 0 atom stereocenters. The first-order chi connectivity index (χ1) is 14.7. The van der Waals surface area contributed by atoms with Gasteiger partial charge in [-0.15, -0.1) is 0 Å². The summed E-state index contributed by atoms with van der Waals surface area (Å²) in [4.78, 5) is 39.4. The van der Waals surface area contributed by atoms with Gasteiger partial charge in [0.2, 0.25) is 5.75 Å². The van der Waals surface area contributed by atoms with Crippen LogP contribution in [0.1, 0.15) is 22.3 Å². The lowest BCUT2D eigenvalue weighted by Gasteiger charge is -2.29. The van der Waals surface area contributed by atoms with Gasteiger partial charge in [-0.2, -0.15) is 0 Å².